The maximum atomic E-state index is 11.3. The summed E-state index contributed by atoms with van der Waals surface area (Å²) in [4.78, 5) is 18.0. The number of amides is 1. The summed E-state index contributed by atoms with van der Waals surface area (Å²) >= 11 is 0. The van der Waals surface area contributed by atoms with Gasteiger partial charge in [-0.25, -0.2) is 5.84 Å². The summed E-state index contributed by atoms with van der Waals surface area (Å²) in [5, 5.41) is 0. The highest BCUT2D eigenvalue weighted by Crippen LogP contribution is 2.26. The Bertz CT molecular complexity index is 438. The van der Waals surface area contributed by atoms with Crippen LogP contribution in [0.3, 0.4) is 0 Å². The molecular formula is C15H24N4O. The first kappa shape index (κ1) is 14.9. The third kappa shape index (κ3) is 3.77. The van der Waals surface area contributed by atoms with Gasteiger partial charge in [-0.05, 0) is 50.8 Å². The van der Waals surface area contributed by atoms with Crippen LogP contribution in [0.1, 0.15) is 48.7 Å². The lowest BCUT2D eigenvalue weighted by atomic mass is 9.87. The summed E-state index contributed by atoms with van der Waals surface area (Å²) in [6.07, 6.45) is 6.75. The Kier molecular flexibility index (Phi) is 5.09. The van der Waals surface area contributed by atoms with Crippen molar-refractivity contribution in [2.75, 3.05) is 7.05 Å². The zero-order chi connectivity index (χ0) is 14.5. The summed E-state index contributed by atoms with van der Waals surface area (Å²) in [5.74, 6) is 5.66. The first-order chi connectivity index (χ1) is 9.60. The van der Waals surface area contributed by atoms with Gasteiger partial charge in [-0.3, -0.25) is 20.1 Å². The van der Waals surface area contributed by atoms with E-state index >= 15 is 0 Å². The van der Waals surface area contributed by atoms with Crippen molar-refractivity contribution < 1.29 is 4.79 Å². The first-order valence-electron chi connectivity index (χ1n) is 7.26. The number of rotatable bonds is 4. The van der Waals surface area contributed by atoms with Crippen molar-refractivity contribution in [3.05, 3.63) is 29.6 Å². The fraction of sp³-hybridized carbons (Fsp3) is 0.600. The molecule has 5 nitrogen and oxygen atoms in total. The second kappa shape index (κ2) is 6.81. The third-order valence-electron chi connectivity index (χ3n) is 4.24. The van der Waals surface area contributed by atoms with E-state index in [0.29, 0.717) is 11.6 Å². The predicted octanol–water partition coefficient (Wildman–Crippen LogP) is 1.70. The van der Waals surface area contributed by atoms with E-state index in [2.05, 4.69) is 29.3 Å². The first-order valence-corrected chi connectivity index (χ1v) is 7.26. The van der Waals surface area contributed by atoms with Gasteiger partial charge in [-0.2, -0.15) is 0 Å². The van der Waals surface area contributed by atoms with Crippen LogP contribution >= 0.6 is 0 Å². The molecule has 1 fully saturated rings. The highest BCUT2D eigenvalue weighted by atomic mass is 16.2. The number of hydrogen-bond acceptors (Lipinski definition) is 4. The molecule has 0 unspecified atom stereocenters. The van der Waals surface area contributed by atoms with E-state index in [4.69, 9.17) is 5.84 Å². The van der Waals surface area contributed by atoms with E-state index in [-0.39, 0.29) is 5.91 Å². The minimum Gasteiger partial charge on any atom is -0.298 e. The number of nitrogens with zero attached hydrogens (tertiary/aromatic N) is 2. The van der Waals surface area contributed by atoms with Crippen molar-refractivity contribution in [1.82, 2.24) is 15.3 Å². The quantitative estimate of drug-likeness (QED) is 0.499. The van der Waals surface area contributed by atoms with Crippen LogP contribution in [-0.2, 0) is 6.54 Å². The summed E-state index contributed by atoms with van der Waals surface area (Å²) < 4.78 is 0. The molecule has 0 aromatic carbocycles. The molecule has 1 amide bonds. The molecule has 1 aromatic rings. The number of nitrogen functional groups attached to an aromatic ring is 1. The van der Waals surface area contributed by atoms with Crippen molar-refractivity contribution >= 4 is 5.91 Å². The van der Waals surface area contributed by atoms with Crippen molar-refractivity contribution in [1.29, 1.82) is 0 Å². The van der Waals surface area contributed by atoms with Crippen LogP contribution in [0.4, 0.5) is 0 Å². The zero-order valence-corrected chi connectivity index (χ0v) is 12.3. The van der Waals surface area contributed by atoms with Crippen LogP contribution in [0.2, 0.25) is 0 Å². The highest BCUT2D eigenvalue weighted by molar-refractivity contribution is 5.93. The van der Waals surface area contributed by atoms with Gasteiger partial charge < -0.3 is 0 Å². The fourth-order valence-electron chi connectivity index (χ4n) is 2.80. The highest BCUT2D eigenvalue weighted by Gasteiger charge is 2.21. The van der Waals surface area contributed by atoms with Crippen molar-refractivity contribution in [2.24, 2.45) is 11.8 Å². The summed E-state index contributed by atoms with van der Waals surface area (Å²) in [6, 6.07) is 4.31. The second-order valence-electron chi connectivity index (χ2n) is 5.84. The number of nitrogens with two attached hydrogens (primary N) is 1. The molecule has 3 N–H and O–H groups in total. The topological polar surface area (TPSA) is 71.2 Å². The average Bonchev–Trinajstić information content (AvgIpc) is 2.48. The van der Waals surface area contributed by atoms with Crippen molar-refractivity contribution in [3.63, 3.8) is 0 Å². The Labute approximate surface area is 120 Å². The lowest BCUT2D eigenvalue weighted by Gasteiger charge is -2.33. The number of aromatic nitrogens is 1. The Morgan fingerprint density at radius 1 is 1.40 bits per heavy atom. The Morgan fingerprint density at radius 3 is 2.65 bits per heavy atom. The average molecular weight is 276 g/mol. The SMILES string of the molecule is CC1CCC(N(C)Cc2ccc(C(=O)NN)cn2)CC1. The lowest BCUT2D eigenvalue weighted by Crippen LogP contribution is -2.34. The normalized spacial score (nSPS) is 22.8. The molecule has 0 atom stereocenters. The van der Waals surface area contributed by atoms with Crippen LogP contribution in [0.5, 0.6) is 0 Å². The molecule has 0 saturated heterocycles. The molecule has 1 heterocycles. The van der Waals surface area contributed by atoms with Crippen molar-refractivity contribution in [3.8, 4) is 0 Å². The van der Waals surface area contributed by atoms with Gasteiger partial charge in [0, 0.05) is 18.8 Å². The Balaban J connectivity index is 1.91. The molecule has 0 spiro atoms. The predicted molar refractivity (Wildman–Crippen MR) is 78.8 cm³/mol. The number of carbonyl (C=O) groups excluding carboxylic acids is 1. The van der Waals surface area contributed by atoms with Crippen LogP contribution < -0.4 is 11.3 Å². The maximum absolute atomic E-state index is 11.3. The summed E-state index contributed by atoms with van der Waals surface area (Å²) in [6.45, 7) is 3.16. The Hall–Kier alpha value is -1.46. The van der Waals surface area contributed by atoms with Gasteiger partial charge in [0.1, 0.15) is 0 Å². The molecule has 110 valence electrons. The van der Waals surface area contributed by atoms with Gasteiger partial charge in [-0.1, -0.05) is 6.92 Å². The molecule has 5 heteroatoms. The molecule has 1 saturated carbocycles. The van der Waals surface area contributed by atoms with E-state index in [1.807, 2.05) is 6.07 Å². The molecular weight excluding hydrogens is 252 g/mol. The minimum atomic E-state index is -0.307. The maximum Gasteiger partial charge on any atom is 0.266 e. The Morgan fingerprint density at radius 2 is 2.10 bits per heavy atom. The fourth-order valence-corrected chi connectivity index (χ4v) is 2.80. The summed E-state index contributed by atoms with van der Waals surface area (Å²) in [7, 11) is 2.16. The minimum absolute atomic E-state index is 0.307. The van der Waals surface area contributed by atoms with Gasteiger partial charge in [-0.15, -0.1) is 0 Å². The number of pyridine rings is 1. The van der Waals surface area contributed by atoms with E-state index in [1.165, 1.54) is 25.7 Å². The summed E-state index contributed by atoms with van der Waals surface area (Å²) in [5.41, 5.74) is 3.58. The van der Waals surface area contributed by atoms with Crippen LogP contribution in [0, 0.1) is 5.92 Å². The van der Waals surface area contributed by atoms with Gasteiger partial charge in [0.05, 0.1) is 11.3 Å². The van der Waals surface area contributed by atoms with E-state index in [1.54, 1.807) is 12.3 Å². The largest absolute Gasteiger partial charge is 0.298 e. The number of hydrazine groups is 1. The molecule has 1 aliphatic rings. The van der Waals surface area contributed by atoms with E-state index in [9.17, 15) is 4.79 Å². The van der Waals surface area contributed by atoms with Crippen LogP contribution in [0.25, 0.3) is 0 Å². The molecule has 2 rings (SSSR count). The monoisotopic (exact) mass is 276 g/mol. The standard InChI is InChI=1S/C15H24N4O/c1-11-3-7-14(8-4-11)19(2)10-13-6-5-12(9-17-13)15(20)18-16/h5-6,9,11,14H,3-4,7-8,10,16H2,1-2H3,(H,18,20). The van der Waals surface area contributed by atoms with Crippen molar-refractivity contribution in [2.45, 2.75) is 45.2 Å². The molecule has 1 aromatic heterocycles. The molecule has 0 bridgehead atoms. The van der Waals surface area contributed by atoms with Gasteiger partial charge in [0.2, 0.25) is 0 Å². The van der Waals surface area contributed by atoms with Gasteiger partial charge in [0.15, 0.2) is 0 Å². The molecule has 0 radical (unpaired) electrons. The van der Waals surface area contributed by atoms with E-state index < -0.39 is 0 Å². The van der Waals surface area contributed by atoms with Crippen LogP contribution in [-0.4, -0.2) is 28.9 Å². The molecule has 0 aliphatic heterocycles. The number of hydrogen-bond donors (Lipinski definition) is 2. The third-order valence-corrected chi connectivity index (χ3v) is 4.24. The molecule has 20 heavy (non-hydrogen) atoms. The van der Waals surface area contributed by atoms with Gasteiger partial charge >= 0.3 is 0 Å². The van der Waals surface area contributed by atoms with Crippen LogP contribution in [0.15, 0.2) is 18.3 Å². The lowest BCUT2D eigenvalue weighted by molar-refractivity contribution is 0.0953. The zero-order valence-electron chi connectivity index (χ0n) is 12.3. The van der Waals surface area contributed by atoms with Gasteiger partial charge in [0.25, 0.3) is 5.91 Å². The number of carbonyl (C=O) groups is 1. The molecule has 1 aliphatic carbocycles. The van der Waals surface area contributed by atoms with E-state index in [0.717, 1.165) is 18.2 Å². The number of nitrogens with one attached hydrogen (secondary N) is 1. The smallest absolute Gasteiger partial charge is 0.266 e. The second-order valence-corrected chi connectivity index (χ2v) is 5.84.